The molecule has 3 heteroatoms. The van der Waals surface area contributed by atoms with Crippen molar-refractivity contribution in [3.8, 4) is 5.75 Å². The molecule has 0 saturated carbocycles. The average Bonchev–Trinajstić information content (AvgIpc) is 2.23. The molecule has 1 aromatic rings. The van der Waals surface area contributed by atoms with Crippen LogP contribution < -0.4 is 0 Å². The van der Waals surface area contributed by atoms with Crippen molar-refractivity contribution in [2.24, 2.45) is 0 Å². The van der Waals surface area contributed by atoms with Gasteiger partial charge in [0.15, 0.2) is 0 Å². The van der Waals surface area contributed by atoms with Gasteiger partial charge in [0, 0.05) is 5.92 Å². The van der Waals surface area contributed by atoms with Crippen LogP contribution in [0.1, 0.15) is 47.7 Å². The number of phenolic OH excluding ortho intramolecular Hbond substituents is 1. The fourth-order valence-electron chi connectivity index (χ4n) is 2.35. The van der Waals surface area contributed by atoms with Crippen molar-refractivity contribution in [2.45, 2.75) is 39.2 Å². The van der Waals surface area contributed by atoms with Crippen molar-refractivity contribution in [1.29, 1.82) is 0 Å². The zero-order valence-electron chi connectivity index (χ0n) is 9.78. The molecule has 0 fully saturated rings. The molecule has 16 heavy (non-hydrogen) atoms. The van der Waals surface area contributed by atoms with Gasteiger partial charge in [-0.25, -0.2) is 4.79 Å². The number of phenols is 1. The first-order valence-corrected chi connectivity index (χ1v) is 5.59. The van der Waals surface area contributed by atoms with Crippen LogP contribution in [0.5, 0.6) is 5.75 Å². The van der Waals surface area contributed by atoms with Crippen molar-refractivity contribution >= 4 is 5.97 Å². The van der Waals surface area contributed by atoms with Crippen LogP contribution in [0.15, 0.2) is 12.1 Å². The Bertz CT molecular complexity index is 437. The van der Waals surface area contributed by atoms with E-state index in [1.165, 1.54) is 0 Å². The van der Waals surface area contributed by atoms with Gasteiger partial charge in [-0.1, -0.05) is 19.1 Å². The van der Waals surface area contributed by atoms with E-state index in [9.17, 15) is 9.90 Å². The minimum Gasteiger partial charge on any atom is -0.507 e. The molecule has 0 aromatic heterocycles. The van der Waals surface area contributed by atoms with Gasteiger partial charge in [-0.05, 0) is 31.4 Å². The maximum atomic E-state index is 11.7. The molecule has 86 valence electrons. The molecule has 1 heterocycles. The molecule has 0 amide bonds. The van der Waals surface area contributed by atoms with Gasteiger partial charge < -0.3 is 9.84 Å². The molecule has 0 saturated heterocycles. The lowest BCUT2D eigenvalue weighted by Gasteiger charge is -2.30. The largest absolute Gasteiger partial charge is 0.507 e. The monoisotopic (exact) mass is 220 g/mol. The number of fused-ring (bicyclic) bond motifs is 1. The first-order valence-electron chi connectivity index (χ1n) is 5.59. The summed E-state index contributed by atoms with van der Waals surface area (Å²) in [6, 6.07) is 3.78. The number of hydrogen-bond donors (Lipinski definition) is 1. The summed E-state index contributed by atoms with van der Waals surface area (Å²) >= 11 is 0. The predicted molar refractivity (Wildman–Crippen MR) is 60.8 cm³/mol. The topological polar surface area (TPSA) is 46.5 Å². The van der Waals surface area contributed by atoms with Gasteiger partial charge in [-0.3, -0.25) is 0 Å². The summed E-state index contributed by atoms with van der Waals surface area (Å²) in [5.41, 5.74) is 1.97. The zero-order chi connectivity index (χ0) is 11.9. The molecule has 1 aromatic carbocycles. The molecule has 1 aliphatic heterocycles. The third-order valence-corrected chi connectivity index (χ3v) is 3.31. The van der Waals surface area contributed by atoms with Gasteiger partial charge in [0.1, 0.15) is 17.4 Å². The number of aromatic hydroxyl groups is 1. The molecular weight excluding hydrogens is 204 g/mol. The lowest BCUT2D eigenvalue weighted by atomic mass is 9.85. The summed E-state index contributed by atoms with van der Waals surface area (Å²) < 4.78 is 5.25. The van der Waals surface area contributed by atoms with Crippen LogP contribution >= 0.6 is 0 Å². The number of ether oxygens (including phenoxy) is 1. The molecular formula is C13H16O3. The SMILES string of the molecule is CC[C@@H]1c2ccc(C)c(O)c2C(=O)O[C@H]1C. The number of benzene rings is 1. The second-order valence-corrected chi connectivity index (χ2v) is 4.32. The highest BCUT2D eigenvalue weighted by Gasteiger charge is 2.34. The number of carbonyl (C=O) groups excluding carboxylic acids is 1. The number of cyclic esters (lactones) is 1. The normalized spacial score (nSPS) is 23.8. The van der Waals surface area contributed by atoms with Crippen LogP contribution in [0.25, 0.3) is 0 Å². The van der Waals surface area contributed by atoms with Gasteiger partial charge in [-0.2, -0.15) is 0 Å². The summed E-state index contributed by atoms with van der Waals surface area (Å²) in [5.74, 6) is -0.166. The summed E-state index contributed by atoms with van der Waals surface area (Å²) in [5, 5.41) is 9.91. The Morgan fingerprint density at radius 1 is 1.44 bits per heavy atom. The van der Waals surface area contributed by atoms with Crippen molar-refractivity contribution in [1.82, 2.24) is 0 Å². The molecule has 1 N–H and O–H groups in total. The maximum Gasteiger partial charge on any atom is 0.342 e. The summed E-state index contributed by atoms with van der Waals surface area (Å²) in [6.07, 6.45) is 0.774. The van der Waals surface area contributed by atoms with Gasteiger partial charge in [-0.15, -0.1) is 0 Å². The third kappa shape index (κ3) is 1.47. The lowest BCUT2D eigenvalue weighted by Crippen LogP contribution is -2.29. The first kappa shape index (κ1) is 11.0. The molecule has 2 rings (SSSR count). The van der Waals surface area contributed by atoms with Gasteiger partial charge in [0.05, 0.1) is 0 Å². The minimum absolute atomic E-state index is 0.0628. The minimum atomic E-state index is -0.409. The van der Waals surface area contributed by atoms with Crippen molar-refractivity contribution < 1.29 is 14.6 Å². The second-order valence-electron chi connectivity index (χ2n) is 4.32. The standard InChI is InChI=1S/C13H16O3/c1-4-9-8(3)16-13(15)11-10(9)6-5-7(2)12(11)14/h5-6,8-9,14H,4H2,1-3H3/t8-,9-/m0/s1. The van der Waals surface area contributed by atoms with Crippen molar-refractivity contribution in [3.05, 3.63) is 28.8 Å². The molecule has 0 spiro atoms. The van der Waals surface area contributed by atoms with Crippen LogP contribution in [-0.2, 0) is 4.74 Å². The summed E-state index contributed by atoms with van der Waals surface area (Å²) in [6.45, 7) is 5.73. The molecule has 0 unspecified atom stereocenters. The van der Waals surface area contributed by atoms with E-state index < -0.39 is 5.97 Å². The molecule has 0 bridgehead atoms. The number of hydrogen-bond acceptors (Lipinski definition) is 3. The highest BCUT2D eigenvalue weighted by Crippen LogP contribution is 2.38. The van der Waals surface area contributed by atoms with E-state index in [2.05, 4.69) is 6.92 Å². The Labute approximate surface area is 95.0 Å². The fraction of sp³-hybridized carbons (Fsp3) is 0.462. The summed E-state index contributed by atoms with van der Waals surface area (Å²) in [7, 11) is 0. The Kier molecular flexibility index (Phi) is 2.62. The van der Waals surface area contributed by atoms with E-state index in [4.69, 9.17) is 4.74 Å². The highest BCUT2D eigenvalue weighted by molar-refractivity contribution is 5.96. The Hall–Kier alpha value is -1.51. The highest BCUT2D eigenvalue weighted by atomic mass is 16.5. The van der Waals surface area contributed by atoms with E-state index in [-0.39, 0.29) is 17.8 Å². The summed E-state index contributed by atoms with van der Waals surface area (Å²) in [4.78, 5) is 11.7. The fourth-order valence-corrected chi connectivity index (χ4v) is 2.35. The van der Waals surface area contributed by atoms with E-state index in [0.717, 1.165) is 12.0 Å². The number of aryl methyl sites for hydroxylation is 1. The van der Waals surface area contributed by atoms with E-state index in [1.807, 2.05) is 19.1 Å². The first-order chi connectivity index (χ1) is 7.56. The maximum absolute atomic E-state index is 11.7. The van der Waals surface area contributed by atoms with E-state index in [1.54, 1.807) is 6.92 Å². The lowest BCUT2D eigenvalue weighted by molar-refractivity contribution is 0.0217. The number of rotatable bonds is 1. The number of esters is 1. The van der Waals surface area contributed by atoms with Gasteiger partial charge in [0.25, 0.3) is 0 Å². The molecule has 0 aliphatic carbocycles. The van der Waals surface area contributed by atoms with E-state index in [0.29, 0.717) is 11.1 Å². The van der Waals surface area contributed by atoms with Crippen molar-refractivity contribution in [3.63, 3.8) is 0 Å². The van der Waals surface area contributed by atoms with Gasteiger partial charge >= 0.3 is 5.97 Å². The molecule has 1 aliphatic rings. The smallest absolute Gasteiger partial charge is 0.342 e. The second kappa shape index (κ2) is 3.81. The van der Waals surface area contributed by atoms with Crippen molar-refractivity contribution in [2.75, 3.05) is 0 Å². The van der Waals surface area contributed by atoms with Crippen LogP contribution in [0.3, 0.4) is 0 Å². The molecule has 2 atom stereocenters. The Morgan fingerprint density at radius 2 is 2.12 bits per heavy atom. The van der Waals surface area contributed by atoms with Gasteiger partial charge in [0.2, 0.25) is 0 Å². The van der Waals surface area contributed by atoms with Crippen LogP contribution in [0, 0.1) is 6.92 Å². The molecule has 3 nitrogen and oxygen atoms in total. The average molecular weight is 220 g/mol. The molecule has 0 radical (unpaired) electrons. The van der Waals surface area contributed by atoms with Crippen LogP contribution in [0.2, 0.25) is 0 Å². The van der Waals surface area contributed by atoms with Crippen LogP contribution in [0.4, 0.5) is 0 Å². The Balaban J connectivity index is 2.63. The zero-order valence-corrected chi connectivity index (χ0v) is 9.78. The Morgan fingerprint density at radius 3 is 2.75 bits per heavy atom. The predicted octanol–water partition coefficient (Wildman–Crippen LogP) is 2.75. The third-order valence-electron chi connectivity index (χ3n) is 3.31. The quantitative estimate of drug-likeness (QED) is 0.740. The number of carbonyl (C=O) groups is 1. The van der Waals surface area contributed by atoms with E-state index >= 15 is 0 Å². The van der Waals surface area contributed by atoms with Crippen LogP contribution in [-0.4, -0.2) is 17.2 Å².